The number of ether oxygens (including phenoxy) is 2. The Labute approximate surface area is 160 Å². The van der Waals surface area contributed by atoms with Crippen molar-refractivity contribution < 1.29 is 19.1 Å². The molecule has 0 spiro atoms. The van der Waals surface area contributed by atoms with Crippen molar-refractivity contribution in [1.82, 2.24) is 0 Å². The molecule has 1 aliphatic carbocycles. The standard InChI is InChI=1S/C22H40O4/c1-5-7-13-19(6-2)17-26-21(24)22(14-9-8-10-15-22)20(23)25-16-11-12-18(3)4/h18-19H,5-17H2,1-4H3. The van der Waals surface area contributed by atoms with Gasteiger partial charge in [-0.1, -0.05) is 66.2 Å². The van der Waals surface area contributed by atoms with Gasteiger partial charge in [-0.3, -0.25) is 9.59 Å². The molecule has 0 amide bonds. The minimum Gasteiger partial charge on any atom is -0.465 e. The molecule has 0 aliphatic heterocycles. The lowest BCUT2D eigenvalue weighted by atomic mass is 9.74. The molecule has 0 bridgehead atoms. The third kappa shape index (κ3) is 7.28. The van der Waals surface area contributed by atoms with Crippen LogP contribution in [0.1, 0.15) is 98.3 Å². The van der Waals surface area contributed by atoms with Gasteiger partial charge in [0.25, 0.3) is 0 Å². The average Bonchev–Trinajstić information content (AvgIpc) is 2.65. The van der Waals surface area contributed by atoms with Crippen LogP contribution in [0.25, 0.3) is 0 Å². The second kappa shape index (κ2) is 12.3. The molecule has 1 fully saturated rings. The van der Waals surface area contributed by atoms with Crippen molar-refractivity contribution in [3.05, 3.63) is 0 Å². The van der Waals surface area contributed by atoms with E-state index in [1.54, 1.807) is 0 Å². The maximum Gasteiger partial charge on any atom is 0.323 e. The Bertz CT molecular complexity index is 410. The van der Waals surface area contributed by atoms with Gasteiger partial charge in [-0.05, 0) is 43.9 Å². The fraction of sp³-hybridized carbons (Fsp3) is 0.909. The predicted octanol–water partition coefficient (Wildman–Crippen LogP) is 5.68. The zero-order valence-electron chi connectivity index (χ0n) is 17.5. The molecule has 0 radical (unpaired) electrons. The summed E-state index contributed by atoms with van der Waals surface area (Å²) >= 11 is 0. The van der Waals surface area contributed by atoms with E-state index in [2.05, 4.69) is 27.7 Å². The lowest BCUT2D eigenvalue weighted by Crippen LogP contribution is -2.44. The van der Waals surface area contributed by atoms with Gasteiger partial charge in [0.15, 0.2) is 5.41 Å². The molecule has 0 N–H and O–H groups in total. The number of rotatable bonds is 12. The molecule has 4 nitrogen and oxygen atoms in total. The Morgan fingerprint density at radius 2 is 1.58 bits per heavy atom. The summed E-state index contributed by atoms with van der Waals surface area (Å²) in [6.07, 6.45) is 10.3. The summed E-state index contributed by atoms with van der Waals surface area (Å²) in [6.45, 7) is 9.45. The van der Waals surface area contributed by atoms with Crippen LogP contribution in [0.3, 0.4) is 0 Å². The highest BCUT2D eigenvalue weighted by Crippen LogP contribution is 2.39. The summed E-state index contributed by atoms with van der Waals surface area (Å²) < 4.78 is 11.2. The summed E-state index contributed by atoms with van der Waals surface area (Å²) in [6, 6.07) is 0. The van der Waals surface area contributed by atoms with Gasteiger partial charge >= 0.3 is 11.9 Å². The van der Waals surface area contributed by atoms with Crippen molar-refractivity contribution in [2.45, 2.75) is 98.3 Å². The van der Waals surface area contributed by atoms with Gasteiger partial charge in [-0.25, -0.2) is 0 Å². The lowest BCUT2D eigenvalue weighted by molar-refractivity contribution is -0.176. The van der Waals surface area contributed by atoms with E-state index in [0.29, 0.717) is 37.9 Å². The van der Waals surface area contributed by atoms with E-state index in [9.17, 15) is 9.59 Å². The Morgan fingerprint density at radius 3 is 2.15 bits per heavy atom. The highest BCUT2D eigenvalue weighted by molar-refractivity contribution is 6.00. The van der Waals surface area contributed by atoms with Crippen molar-refractivity contribution in [1.29, 1.82) is 0 Å². The second-order valence-electron chi connectivity index (χ2n) is 8.33. The van der Waals surface area contributed by atoms with Crippen LogP contribution in [0.2, 0.25) is 0 Å². The number of carbonyl (C=O) groups is 2. The predicted molar refractivity (Wildman–Crippen MR) is 105 cm³/mol. The number of esters is 2. The second-order valence-corrected chi connectivity index (χ2v) is 8.33. The molecule has 0 aromatic rings. The Balaban J connectivity index is 2.62. The highest BCUT2D eigenvalue weighted by Gasteiger charge is 2.49. The minimum atomic E-state index is -1.06. The van der Waals surface area contributed by atoms with Crippen molar-refractivity contribution in [3.8, 4) is 0 Å². The molecule has 1 aliphatic rings. The molecule has 1 saturated carbocycles. The number of hydrogen-bond donors (Lipinski definition) is 0. The zero-order chi connectivity index (χ0) is 19.4. The van der Waals surface area contributed by atoms with Crippen molar-refractivity contribution in [2.24, 2.45) is 17.3 Å². The molecule has 4 heteroatoms. The van der Waals surface area contributed by atoms with Crippen LogP contribution in [0.5, 0.6) is 0 Å². The number of hydrogen-bond acceptors (Lipinski definition) is 4. The van der Waals surface area contributed by atoms with Gasteiger partial charge in [0, 0.05) is 0 Å². The maximum absolute atomic E-state index is 12.9. The first-order valence-corrected chi connectivity index (χ1v) is 10.8. The topological polar surface area (TPSA) is 52.6 Å². The SMILES string of the molecule is CCCCC(CC)COC(=O)C1(C(=O)OCCCC(C)C)CCCCC1. The smallest absolute Gasteiger partial charge is 0.323 e. The van der Waals surface area contributed by atoms with Gasteiger partial charge in [0.2, 0.25) is 0 Å². The summed E-state index contributed by atoms with van der Waals surface area (Å²) in [5.74, 6) is 0.284. The van der Waals surface area contributed by atoms with E-state index in [4.69, 9.17) is 9.47 Å². The molecular weight excluding hydrogens is 328 g/mol. The Morgan fingerprint density at radius 1 is 0.923 bits per heavy atom. The summed E-state index contributed by atoms with van der Waals surface area (Å²) in [4.78, 5) is 25.6. The van der Waals surface area contributed by atoms with Crippen LogP contribution < -0.4 is 0 Å². The fourth-order valence-electron chi connectivity index (χ4n) is 3.67. The fourth-order valence-corrected chi connectivity index (χ4v) is 3.67. The summed E-state index contributed by atoms with van der Waals surface area (Å²) in [5, 5.41) is 0. The highest BCUT2D eigenvalue weighted by atomic mass is 16.6. The van der Waals surface area contributed by atoms with Gasteiger partial charge in [0.1, 0.15) is 0 Å². The summed E-state index contributed by atoms with van der Waals surface area (Å²) in [5.41, 5.74) is -1.06. The Hall–Kier alpha value is -1.06. The molecule has 1 rings (SSSR count). The van der Waals surface area contributed by atoms with Crippen LogP contribution >= 0.6 is 0 Å². The largest absolute Gasteiger partial charge is 0.465 e. The first kappa shape index (κ1) is 23.0. The van der Waals surface area contributed by atoms with E-state index in [0.717, 1.165) is 57.8 Å². The van der Waals surface area contributed by atoms with Gasteiger partial charge < -0.3 is 9.47 Å². The van der Waals surface area contributed by atoms with Crippen LogP contribution in [-0.4, -0.2) is 25.2 Å². The number of unbranched alkanes of at least 4 members (excludes halogenated alkanes) is 1. The third-order valence-corrected chi connectivity index (χ3v) is 5.64. The van der Waals surface area contributed by atoms with E-state index in [-0.39, 0.29) is 11.9 Å². The first-order valence-electron chi connectivity index (χ1n) is 10.8. The summed E-state index contributed by atoms with van der Waals surface area (Å²) in [7, 11) is 0. The van der Waals surface area contributed by atoms with Crippen molar-refractivity contribution in [2.75, 3.05) is 13.2 Å². The monoisotopic (exact) mass is 368 g/mol. The molecule has 0 saturated heterocycles. The molecule has 1 unspecified atom stereocenters. The quantitative estimate of drug-likeness (QED) is 0.253. The maximum atomic E-state index is 12.9. The van der Waals surface area contributed by atoms with Crippen molar-refractivity contribution in [3.63, 3.8) is 0 Å². The average molecular weight is 369 g/mol. The molecule has 1 atom stereocenters. The van der Waals surface area contributed by atoms with Gasteiger partial charge in [-0.2, -0.15) is 0 Å². The van der Waals surface area contributed by atoms with Gasteiger partial charge in [-0.15, -0.1) is 0 Å². The van der Waals surface area contributed by atoms with Crippen LogP contribution in [0.4, 0.5) is 0 Å². The van der Waals surface area contributed by atoms with Crippen LogP contribution in [0.15, 0.2) is 0 Å². The molecule has 0 heterocycles. The van der Waals surface area contributed by atoms with E-state index in [1.165, 1.54) is 0 Å². The Kier molecular flexibility index (Phi) is 10.9. The molecular formula is C22H40O4. The molecule has 0 aromatic carbocycles. The third-order valence-electron chi connectivity index (χ3n) is 5.64. The van der Waals surface area contributed by atoms with E-state index >= 15 is 0 Å². The van der Waals surface area contributed by atoms with Crippen LogP contribution in [0, 0.1) is 17.3 Å². The molecule has 152 valence electrons. The number of carbonyl (C=O) groups excluding carboxylic acids is 2. The van der Waals surface area contributed by atoms with E-state index in [1.807, 2.05) is 0 Å². The molecule has 26 heavy (non-hydrogen) atoms. The lowest BCUT2D eigenvalue weighted by Gasteiger charge is -2.33. The van der Waals surface area contributed by atoms with Crippen LogP contribution in [-0.2, 0) is 19.1 Å². The van der Waals surface area contributed by atoms with E-state index < -0.39 is 5.41 Å². The first-order chi connectivity index (χ1) is 12.5. The van der Waals surface area contributed by atoms with Crippen molar-refractivity contribution >= 4 is 11.9 Å². The minimum absolute atomic E-state index is 0.346. The van der Waals surface area contributed by atoms with Gasteiger partial charge in [0.05, 0.1) is 13.2 Å². The normalized spacial score (nSPS) is 17.7. The molecule has 0 aromatic heterocycles. The zero-order valence-corrected chi connectivity index (χ0v) is 17.5.